The molecule has 0 spiro atoms. The Bertz CT molecular complexity index is 961. The number of piperazine rings is 1. The van der Waals surface area contributed by atoms with Gasteiger partial charge in [-0.2, -0.15) is 13.2 Å². The van der Waals surface area contributed by atoms with Crippen molar-refractivity contribution in [1.82, 2.24) is 14.9 Å². The standard InChI is InChI=1S/C26H37F3N4O3/c1-16(2)25(7-4-17(12-25)10-18-6-9-36-15-21(18)35-3)23(34)32-13-20-11-19(32)14-33(20)24-30-8-5-22(31-24)26(27,28)29/h5,8,16-21H,4,6-7,9-15H2,1-3H3/t17-,18+,19-,20-,21+,25-/m0/s1. The van der Waals surface area contributed by atoms with Crippen LogP contribution in [-0.2, 0) is 20.4 Å². The number of nitrogens with zero attached hydrogens (tertiary/aromatic N) is 4. The van der Waals surface area contributed by atoms with E-state index in [-0.39, 0.29) is 41.4 Å². The number of halogens is 3. The predicted octanol–water partition coefficient (Wildman–Crippen LogP) is 4.17. The Labute approximate surface area is 210 Å². The smallest absolute Gasteiger partial charge is 0.379 e. The lowest BCUT2D eigenvalue weighted by atomic mass is 9.73. The number of hydrogen-bond donors (Lipinski definition) is 0. The van der Waals surface area contributed by atoms with Gasteiger partial charge in [-0.3, -0.25) is 4.79 Å². The summed E-state index contributed by atoms with van der Waals surface area (Å²) in [6.07, 6.45) is 2.44. The maximum Gasteiger partial charge on any atom is 0.433 e. The quantitative estimate of drug-likeness (QED) is 0.572. The van der Waals surface area contributed by atoms with Crippen LogP contribution < -0.4 is 4.90 Å². The minimum atomic E-state index is -4.50. The van der Waals surface area contributed by atoms with Gasteiger partial charge in [-0.15, -0.1) is 0 Å². The minimum absolute atomic E-state index is 0.0105. The lowest BCUT2D eigenvalue weighted by Gasteiger charge is -2.41. The third-order valence-corrected chi connectivity index (χ3v) is 9.25. The van der Waals surface area contributed by atoms with E-state index in [0.29, 0.717) is 31.5 Å². The second-order valence-electron chi connectivity index (χ2n) is 11.4. The number of anilines is 1. The second kappa shape index (κ2) is 9.74. The Morgan fingerprint density at radius 2 is 2.08 bits per heavy atom. The highest BCUT2D eigenvalue weighted by atomic mass is 19.4. The molecule has 2 bridgehead atoms. The monoisotopic (exact) mass is 510 g/mol. The van der Waals surface area contributed by atoms with Gasteiger partial charge in [0, 0.05) is 33.0 Å². The maximum atomic E-state index is 14.1. The number of rotatable bonds is 6. The molecule has 6 atom stereocenters. The average Bonchev–Trinajstić information content (AvgIpc) is 3.58. The Kier molecular flexibility index (Phi) is 6.95. The average molecular weight is 511 g/mol. The fourth-order valence-electron chi connectivity index (χ4n) is 7.15. The van der Waals surface area contributed by atoms with E-state index in [1.165, 1.54) is 6.20 Å². The number of aromatic nitrogens is 2. The molecule has 0 N–H and O–H groups in total. The van der Waals surface area contributed by atoms with E-state index in [9.17, 15) is 18.0 Å². The van der Waals surface area contributed by atoms with E-state index in [1.54, 1.807) is 7.11 Å². The molecule has 200 valence electrons. The number of hydrogen-bond acceptors (Lipinski definition) is 6. The van der Waals surface area contributed by atoms with Gasteiger partial charge in [-0.05, 0) is 62.3 Å². The van der Waals surface area contributed by atoms with Crippen LogP contribution in [-0.4, -0.2) is 72.4 Å². The minimum Gasteiger partial charge on any atom is -0.379 e. The van der Waals surface area contributed by atoms with Crippen LogP contribution in [0.15, 0.2) is 12.3 Å². The largest absolute Gasteiger partial charge is 0.433 e. The van der Waals surface area contributed by atoms with Crippen LogP contribution in [0.3, 0.4) is 0 Å². The molecule has 1 aliphatic carbocycles. The number of likely N-dealkylation sites (tertiary alicyclic amines) is 1. The van der Waals surface area contributed by atoms with Crippen LogP contribution in [0.1, 0.15) is 58.1 Å². The van der Waals surface area contributed by atoms with Crippen molar-refractivity contribution in [2.24, 2.45) is 23.2 Å². The van der Waals surface area contributed by atoms with Crippen LogP contribution in [0.4, 0.5) is 19.1 Å². The van der Waals surface area contributed by atoms with Crippen molar-refractivity contribution in [2.75, 3.05) is 38.3 Å². The second-order valence-corrected chi connectivity index (χ2v) is 11.4. The molecule has 3 saturated heterocycles. The van der Waals surface area contributed by atoms with Crippen LogP contribution in [0.25, 0.3) is 0 Å². The van der Waals surface area contributed by atoms with Crippen LogP contribution in [0.2, 0.25) is 0 Å². The van der Waals surface area contributed by atoms with Gasteiger partial charge in [0.2, 0.25) is 11.9 Å². The fraction of sp³-hybridized carbons (Fsp3) is 0.808. The predicted molar refractivity (Wildman–Crippen MR) is 127 cm³/mol. The third-order valence-electron chi connectivity index (χ3n) is 9.25. The van der Waals surface area contributed by atoms with Crippen molar-refractivity contribution in [3.8, 4) is 0 Å². The molecule has 4 aliphatic rings. The molecule has 0 aromatic carbocycles. The number of ether oxygens (including phenoxy) is 2. The summed E-state index contributed by atoms with van der Waals surface area (Å²) in [5.74, 6) is 1.52. The van der Waals surface area contributed by atoms with E-state index >= 15 is 0 Å². The van der Waals surface area contributed by atoms with E-state index in [4.69, 9.17) is 9.47 Å². The molecule has 4 fully saturated rings. The summed E-state index contributed by atoms with van der Waals surface area (Å²) in [7, 11) is 1.75. The topological polar surface area (TPSA) is 67.8 Å². The molecular formula is C26H37F3N4O3. The van der Waals surface area contributed by atoms with Gasteiger partial charge in [0.05, 0.1) is 30.2 Å². The molecule has 10 heteroatoms. The molecule has 1 aromatic rings. The third kappa shape index (κ3) is 4.59. The van der Waals surface area contributed by atoms with Gasteiger partial charge in [0.15, 0.2) is 0 Å². The number of carbonyl (C=O) groups excluding carboxylic acids is 1. The van der Waals surface area contributed by atoms with Crippen LogP contribution in [0, 0.1) is 23.2 Å². The molecule has 3 aliphatic heterocycles. The van der Waals surface area contributed by atoms with Gasteiger partial charge in [0.25, 0.3) is 0 Å². The first-order valence-corrected chi connectivity index (χ1v) is 13.2. The molecule has 36 heavy (non-hydrogen) atoms. The van der Waals surface area contributed by atoms with Crippen LogP contribution in [0.5, 0.6) is 0 Å². The maximum absolute atomic E-state index is 14.1. The summed E-state index contributed by atoms with van der Waals surface area (Å²) in [4.78, 5) is 25.8. The first kappa shape index (κ1) is 25.7. The molecule has 0 radical (unpaired) electrons. The highest BCUT2D eigenvalue weighted by Gasteiger charge is 2.55. The summed E-state index contributed by atoms with van der Waals surface area (Å²) < 4.78 is 50.7. The molecule has 5 rings (SSSR count). The normalized spacial score (nSPS) is 34.7. The van der Waals surface area contributed by atoms with Crippen molar-refractivity contribution >= 4 is 11.9 Å². The summed E-state index contributed by atoms with van der Waals surface area (Å²) in [6.45, 7) is 6.73. The Hall–Kier alpha value is -1.94. The Morgan fingerprint density at radius 3 is 2.75 bits per heavy atom. The first-order valence-electron chi connectivity index (χ1n) is 13.2. The highest BCUT2D eigenvalue weighted by molar-refractivity contribution is 5.84. The summed E-state index contributed by atoms with van der Waals surface area (Å²) in [5, 5.41) is 0. The zero-order valence-corrected chi connectivity index (χ0v) is 21.3. The van der Waals surface area contributed by atoms with Crippen molar-refractivity contribution < 1.29 is 27.4 Å². The summed E-state index contributed by atoms with van der Waals surface area (Å²) in [6, 6.07) is 0.836. The van der Waals surface area contributed by atoms with Crippen molar-refractivity contribution in [3.63, 3.8) is 0 Å². The van der Waals surface area contributed by atoms with Crippen LogP contribution >= 0.6 is 0 Å². The number of alkyl halides is 3. The molecule has 0 unspecified atom stereocenters. The summed E-state index contributed by atoms with van der Waals surface area (Å²) >= 11 is 0. The Balaban J connectivity index is 1.26. The Morgan fingerprint density at radius 1 is 1.28 bits per heavy atom. The van der Waals surface area contributed by atoms with Crippen molar-refractivity contribution in [1.29, 1.82) is 0 Å². The molecule has 1 saturated carbocycles. The lowest BCUT2D eigenvalue weighted by molar-refractivity contribution is -0.146. The molecule has 1 aromatic heterocycles. The zero-order chi connectivity index (χ0) is 25.7. The van der Waals surface area contributed by atoms with E-state index in [1.807, 2.05) is 9.80 Å². The SMILES string of the molecule is CO[C@@H]1COCC[C@@H]1C[C@@H]1CC[C@@](C(=O)N2C[C@@H]3C[C@H]2CN3c2nccc(C(F)(F)F)n2)(C(C)C)C1. The molecule has 4 heterocycles. The van der Waals surface area contributed by atoms with Crippen molar-refractivity contribution in [3.05, 3.63) is 18.0 Å². The molecule has 1 amide bonds. The molecular weight excluding hydrogens is 473 g/mol. The zero-order valence-electron chi connectivity index (χ0n) is 21.3. The first-order chi connectivity index (χ1) is 17.1. The van der Waals surface area contributed by atoms with Gasteiger partial charge in [-0.25, -0.2) is 9.97 Å². The number of fused-ring (bicyclic) bond motifs is 2. The van der Waals surface area contributed by atoms with E-state index in [0.717, 1.165) is 51.2 Å². The van der Waals surface area contributed by atoms with Gasteiger partial charge in [-0.1, -0.05) is 13.8 Å². The van der Waals surface area contributed by atoms with E-state index in [2.05, 4.69) is 23.8 Å². The summed E-state index contributed by atoms with van der Waals surface area (Å²) in [5.41, 5.74) is -1.31. The number of methoxy groups -OCH3 is 1. The highest BCUT2D eigenvalue weighted by Crippen LogP contribution is 2.52. The number of amides is 1. The van der Waals surface area contributed by atoms with E-state index < -0.39 is 11.9 Å². The van der Waals surface area contributed by atoms with Gasteiger partial charge in [0.1, 0.15) is 5.69 Å². The fourth-order valence-corrected chi connectivity index (χ4v) is 7.15. The van der Waals surface area contributed by atoms with Gasteiger partial charge >= 0.3 is 6.18 Å². The number of carbonyl (C=O) groups is 1. The molecule has 7 nitrogen and oxygen atoms in total. The van der Waals surface area contributed by atoms with Crippen molar-refractivity contribution in [2.45, 2.75) is 76.7 Å². The lowest BCUT2D eigenvalue weighted by Crippen LogP contribution is -2.54. The van der Waals surface area contributed by atoms with Gasteiger partial charge < -0.3 is 19.3 Å².